The zero-order valence-corrected chi connectivity index (χ0v) is 15.0. The maximum atomic E-state index is 12.4. The van der Waals surface area contributed by atoms with Gasteiger partial charge in [0.2, 0.25) is 0 Å². The molecule has 1 unspecified atom stereocenters. The van der Waals surface area contributed by atoms with Crippen LogP contribution in [0.5, 0.6) is 0 Å². The number of anilines is 1. The van der Waals surface area contributed by atoms with Crippen LogP contribution < -0.4 is 10.6 Å². The quantitative estimate of drug-likeness (QED) is 0.687. The third-order valence-corrected chi connectivity index (χ3v) is 4.12. The molecule has 3 rings (SSSR count). The highest BCUT2D eigenvalue weighted by molar-refractivity contribution is 5.91. The highest BCUT2D eigenvalue weighted by Crippen LogP contribution is 2.12. The van der Waals surface area contributed by atoms with Crippen molar-refractivity contribution in [1.29, 1.82) is 0 Å². The summed E-state index contributed by atoms with van der Waals surface area (Å²) in [6, 6.07) is 19.6. The van der Waals surface area contributed by atoms with Crippen molar-refractivity contribution in [3.05, 3.63) is 72.6 Å². The molecule has 1 amide bonds. The second kappa shape index (κ2) is 8.29. The molecule has 26 heavy (non-hydrogen) atoms. The van der Waals surface area contributed by atoms with Crippen molar-refractivity contribution in [2.45, 2.75) is 19.9 Å². The number of amides is 1. The zero-order valence-electron chi connectivity index (χ0n) is 15.0. The maximum Gasteiger partial charge on any atom is 0.273 e. The van der Waals surface area contributed by atoms with Crippen molar-refractivity contribution in [3.63, 3.8) is 0 Å². The van der Waals surface area contributed by atoms with Crippen LogP contribution in [0.25, 0.3) is 5.69 Å². The summed E-state index contributed by atoms with van der Waals surface area (Å²) in [6.45, 7) is 4.75. The minimum atomic E-state index is -0.229. The third kappa shape index (κ3) is 4.47. The predicted octanol–water partition coefficient (Wildman–Crippen LogP) is 3.13. The Labute approximate surface area is 153 Å². The molecule has 1 aromatic heterocycles. The van der Waals surface area contributed by atoms with Gasteiger partial charge in [-0.2, -0.15) is 9.90 Å². The van der Waals surface area contributed by atoms with E-state index in [9.17, 15) is 4.79 Å². The summed E-state index contributed by atoms with van der Waals surface area (Å²) in [7, 11) is 0. The van der Waals surface area contributed by atoms with Gasteiger partial charge < -0.3 is 10.6 Å². The van der Waals surface area contributed by atoms with E-state index in [0.29, 0.717) is 18.2 Å². The monoisotopic (exact) mass is 349 g/mol. The molecule has 0 saturated carbocycles. The first-order valence-electron chi connectivity index (χ1n) is 8.71. The molecule has 0 bridgehead atoms. The number of carbonyl (C=O) groups excluding carboxylic acids is 1. The fraction of sp³-hybridized carbons (Fsp3) is 0.250. The number of benzene rings is 2. The van der Waals surface area contributed by atoms with Gasteiger partial charge in [0.1, 0.15) is 0 Å². The van der Waals surface area contributed by atoms with E-state index in [0.717, 1.165) is 11.4 Å². The Balaban J connectivity index is 1.61. The van der Waals surface area contributed by atoms with E-state index < -0.39 is 0 Å². The Kier molecular flexibility index (Phi) is 5.63. The smallest absolute Gasteiger partial charge is 0.273 e. The van der Waals surface area contributed by atoms with E-state index in [2.05, 4.69) is 34.7 Å². The average molecular weight is 349 g/mol. The van der Waals surface area contributed by atoms with E-state index in [1.807, 2.05) is 60.7 Å². The van der Waals surface area contributed by atoms with Crippen molar-refractivity contribution in [3.8, 4) is 5.69 Å². The first-order valence-corrected chi connectivity index (χ1v) is 8.71. The molecule has 6 nitrogen and oxygen atoms in total. The number of carbonyl (C=O) groups is 1. The molecule has 0 radical (unpaired) electrons. The van der Waals surface area contributed by atoms with Gasteiger partial charge in [-0.05, 0) is 30.2 Å². The largest absolute Gasteiger partial charge is 0.380 e. The normalized spacial score (nSPS) is 12.0. The lowest BCUT2D eigenvalue weighted by Gasteiger charge is -2.23. The van der Waals surface area contributed by atoms with Gasteiger partial charge in [0.25, 0.3) is 5.91 Å². The Hall–Kier alpha value is -3.15. The van der Waals surface area contributed by atoms with Gasteiger partial charge in [0, 0.05) is 18.3 Å². The summed E-state index contributed by atoms with van der Waals surface area (Å²) in [5.74, 6) is 0.128. The molecule has 2 aromatic carbocycles. The number of hydrogen-bond donors (Lipinski definition) is 2. The molecule has 0 aliphatic rings. The molecule has 0 spiro atoms. The van der Waals surface area contributed by atoms with Gasteiger partial charge in [-0.25, -0.2) is 0 Å². The standard InChI is InChI=1S/C20H23N5O/c1-15(2)18(23-16-9-5-3-6-10-16)13-21-20(26)19-14-22-25(24-19)17-11-7-4-8-12-17/h3-12,14-15,18,23H,13H2,1-2H3,(H,21,26). The second-order valence-corrected chi connectivity index (χ2v) is 6.43. The van der Waals surface area contributed by atoms with E-state index in [4.69, 9.17) is 0 Å². The molecule has 0 aliphatic carbocycles. The fourth-order valence-electron chi connectivity index (χ4n) is 2.55. The minimum absolute atomic E-state index is 0.116. The number of nitrogens with zero attached hydrogens (tertiary/aromatic N) is 3. The SMILES string of the molecule is CC(C)C(CNC(=O)c1cnn(-c2ccccc2)n1)Nc1ccccc1. The molecule has 0 fully saturated rings. The summed E-state index contributed by atoms with van der Waals surface area (Å²) in [6.07, 6.45) is 1.48. The Bertz CT molecular complexity index is 830. The van der Waals surface area contributed by atoms with Gasteiger partial charge in [-0.3, -0.25) is 4.79 Å². The Morgan fingerprint density at radius 3 is 2.35 bits per heavy atom. The highest BCUT2D eigenvalue weighted by Gasteiger charge is 2.17. The van der Waals surface area contributed by atoms with E-state index in [1.54, 1.807) is 0 Å². The van der Waals surface area contributed by atoms with Gasteiger partial charge in [0.15, 0.2) is 5.69 Å². The first kappa shape index (κ1) is 17.7. The Morgan fingerprint density at radius 1 is 1.04 bits per heavy atom. The summed E-state index contributed by atoms with van der Waals surface area (Å²) in [5.41, 5.74) is 2.16. The van der Waals surface area contributed by atoms with Crippen molar-refractivity contribution < 1.29 is 4.79 Å². The van der Waals surface area contributed by atoms with Crippen LogP contribution in [0.2, 0.25) is 0 Å². The van der Waals surface area contributed by atoms with E-state index >= 15 is 0 Å². The molecule has 1 atom stereocenters. The van der Waals surface area contributed by atoms with Crippen LogP contribution in [-0.2, 0) is 0 Å². The first-order chi connectivity index (χ1) is 12.6. The van der Waals surface area contributed by atoms with Crippen molar-refractivity contribution in [1.82, 2.24) is 20.3 Å². The molecule has 0 saturated heterocycles. The average Bonchev–Trinajstić information content (AvgIpc) is 3.16. The number of nitrogens with one attached hydrogen (secondary N) is 2. The lowest BCUT2D eigenvalue weighted by molar-refractivity contribution is 0.0945. The Morgan fingerprint density at radius 2 is 1.69 bits per heavy atom. The van der Waals surface area contributed by atoms with Crippen LogP contribution >= 0.6 is 0 Å². The molecule has 3 aromatic rings. The second-order valence-electron chi connectivity index (χ2n) is 6.43. The number of rotatable bonds is 7. The van der Waals surface area contributed by atoms with E-state index in [-0.39, 0.29) is 11.9 Å². The van der Waals surface area contributed by atoms with E-state index in [1.165, 1.54) is 11.0 Å². The van der Waals surface area contributed by atoms with Crippen molar-refractivity contribution in [2.24, 2.45) is 5.92 Å². The summed E-state index contributed by atoms with van der Waals surface area (Å²) in [5, 5.41) is 14.8. The van der Waals surface area contributed by atoms with Crippen LogP contribution in [0.15, 0.2) is 66.9 Å². The zero-order chi connectivity index (χ0) is 18.4. The summed E-state index contributed by atoms with van der Waals surface area (Å²) >= 11 is 0. The van der Waals surface area contributed by atoms with Crippen molar-refractivity contribution in [2.75, 3.05) is 11.9 Å². The number of para-hydroxylation sites is 2. The molecule has 134 valence electrons. The number of aromatic nitrogens is 3. The summed E-state index contributed by atoms with van der Waals surface area (Å²) in [4.78, 5) is 13.9. The van der Waals surface area contributed by atoms with Gasteiger partial charge >= 0.3 is 0 Å². The van der Waals surface area contributed by atoms with Crippen LogP contribution in [0.4, 0.5) is 5.69 Å². The van der Waals surface area contributed by atoms with Crippen LogP contribution in [0.1, 0.15) is 24.3 Å². The lowest BCUT2D eigenvalue weighted by Crippen LogP contribution is -2.39. The molecular formula is C20H23N5O. The van der Waals surface area contributed by atoms with Crippen LogP contribution in [-0.4, -0.2) is 33.5 Å². The predicted molar refractivity (Wildman–Crippen MR) is 102 cm³/mol. The topological polar surface area (TPSA) is 71.8 Å². The minimum Gasteiger partial charge on any atom is -0.380 e. The summed E-state index contributed by atoms with van der Waals surface area (Å²) < 4.78 is 0. The molecular weight excluding hydrogens is 326 g/mol. The lowest BCUT2D eigenvalue weighted by atomic mass is 10.0. The number of hydrogen-bond acceptors (Lipinski definition) is 4. The molecule has 2 N–H and O–H groups in total. The maximum absolute atomic E-state index is 12.4. The van der Waals surface area contributed by atoms with Crippen LogP contribution in [0.3, 0.4) is 0 Å². The molecule has 0 aliphatic heterocycles. The highest BCUT2D eigenvalue weighted by atomic mass is 16.2. The van der Waals surface area contributed by atoms with Crippen molar-refractivity contribution >= 4 is 11.6 Å². The van der Waals surface area contributed by atoms with Crippen LogP contribution in [0, 0.1) is 5.92 Å². The van der Waals surface area contributed by atoms with Gasteiger partial charge in [-0.15, -0.1) is 5.10 Å². The van der Waals surface area contributed by atoms with Gasteiger partial charge in [0.05, 0.1) is 11.9 Å². The third-order valence-electron chi connectivity index (χ3n) is 4.12. The molecule has 6 heteroatoms. The fourth-order valence-corrected chi connectivity index (χ4v) is 2.55. The molecule has 1 heterocycles. The van der Waals surface area contributed by atoms with Gasteiger partial charge in [-0.1, -0.05) is 50.2 Å².